The van der Waals surface area contributed by atoms with Crippen LogP contribution in [0.5, 0.6) is 11.5 Å². The average Bonchev–Trinajstić information content (AvgIpc) is 3.47. The summed E-state index contributed by atoms with van der Waals surface area (Å²) in [6.45, 7) is 5.10. The highest BCUT2D eigenvalue weighted by Crippen LogP contribution is 2.33. The van der Waals surface area contributed by atoms with E-state index >= 15 is 0 Å². The third-order valence-corrected chi connectivity index (χ3v) is 6.07. The zero-order valence-electron chi connectivity index (χ0n) is 19.2. The van der Waals surface area contributed by atoms with Gasteiger partial charge >= 0.3 is 6.01 Å². The van der Waals surface area contributed by atoms with Gasteiger partial charge in [0.1, 0.15) is 0 Å². The monoisotopic (exact) mass is 482 g/mol. The van der Waals surface area contributed by atoms with E-state index in [1.54, 1.807) is 34.9 Å². The smallest absolute Gasteiger partial charge is 0.322 e. The van der Waals surface area contributed by atoms with Crippen molar-refractivity contribution in [2.45, 2.75) is 31.1 Å². The molecule has 34 heavy (non-hydrogen) atoms. The van der Waals surface area contributed by atoms with Gasteiger partial charge in [0.2, 0.25) is 11.8 Å². The second kappa shape index (κ2) is 10.6. The minimum atomic E-state index is -0.419. The molecule has 2 amide bonds. The molecule has 0 radical (unpaired) electrons. The van der Waals surface area contributed by atoms with E-state index in [0.717, 1.165) is 10.6 Å². The summed E-state index contributed by atoms with van der Waals surface area (Å²) in [6, 6.07) is 12.7. The highest BCUT2D eigenvalue weighted by atomic mass is 32.2. The van der Waals surface area contributed by atoms with Crippen molar-refractivity contribution in [1.82, 2.24) is 10.2 Å². The van der Waals surface area contributed by atoms with Crippen molar-refractivity contribution in [1.29, 1.82) is 0 Å². The molecule has 0 aliphatic carbocycles. The maximum Gasteiger partial charge on any atom is 0.322 e. The second-order valence-electron chi connectivity index (χ2n) is 7.53. The summed E-state index contributed by atoms with van der Waals surface area (Å²) in [7, 11) is 0. The zero-order chi connectivity index (χ0) is 24.1. The highest BCUT2D eigenvalue weighted by Gasteiger charge is 2.35. The number of hydrogen-bond donors (Lipinski definition) is 1. The molecule has 2 heterocycles. The van der Waals surface area contributed by atoms with Crippen LogP contribution in [0, 0.1) is 0 Å². The van der Waals surface area contributed by atoms with Crippen molar-refractivity contribution in [3.05, 3.63) is 53.9 Å². The quantitative estimate of drug-likeness (QED) is 0.448. The Labute approximate surface area is 201 Å². The highest BCUT2D eigenvalue weighted by molar-refractivity contribution is 7.98. The lowest BCUT2D eigenvalue weighted by Gasteiger charge is -2.16. The molecule has 4 rings (SSSR count). The Morgan fingerprint density at radius 3 is 2.56 bits per heavy atom. The van der Waals surface area contributed by atoms with Gasteiger partial charge in [-0.05, 0) is 62.6 Å². The van der Waals surface area contributed by atoms with E-state index in [1.165, 1.54) is 0 Å². The summed E-state index contributed by atoms with van der Waals surface area (Å²) in [5, 5.41) is 10.6. The van der Waals surface area contributed by atoms with E-state index in [2.05, 4.69) is 15.5 Å². The van der Waals surface area contributed by atoms with Gasteiger partial charge in [-0.15, -0.1) is 16.9 Å². The van der Waals surface area contributed by atoms with Gasteiger partial charge in [0.25, 0.3) is 5.91 Å². The minimum Gasteiger partial charge on any atom is -0.490 e. The lowest BCUT2D eigenvalue weighted by Crippen LogP contribution is -2.24. The number of thioether (sulfide) groups is 1. The van der Waals surface area contributed by atoms with E-state index in [9.17, 15) is 9.59 Å². The van der Waals surface area contributed by atoms with Crippen molar-refractivity contribution in [2.24, 2.45) is 0 Å². The van der Waals surface area contributed by atoms with Crippen LogP contribution in [-0.4, -0.2) is 48.0 Å². The minimum absolute atomic E-state index is 0.0106. The topological polar surface area (TPSA) is 107 Å². The molecule has 10 heteroatoms. The van der Waals surface area contributed by atoms with Gasteiger partial charge in [-0.1, -0.05) is 5.10 Å². The van der Waals surface area contributed by atoms with E-state index in [1.807, 2.05) is 44.4 Å². The van der Waals surface area contributed by atoms with Gasteiger partial charge in [0.05, 0.1) is 19.1 Å². The number of anilines is 2. The normalized spacial score (nSPS) is 15.4. The van der Waals surface area contributed by atoms with Crippen molar-refractivity contribution in [3.8, 4) is 11.5 Å². The van der Waals surface area contributed by atoms with E-state index in [0.29, 0.717) is 42.7 Å². The van der Waals surface area contributed by atoms with Gasteiger partial charge < -0.3 is 18.8 Å². The molecule has 1 aromatic heterocycles. The summed E-state index contributed by atoms with van der Waals surface area (Å²) in [5.41, 5.74) is 1.20. The third-order valence-electron chi connectivity index (χ3n) is 5.33. The van der Waals surface area contributed by atoms with Crippen molar-refractivity contribution >= 4 is 35.3 Å². The van der Waals surface area contributed by atoms with Crippen LogP contribution in [0.15, 0.2) is 51.8 Å². The third kappa shape index (κ3) is 5.17. The van der Waals surface area contributed by atoms with Crippen LogP contribution in [-0.2, 0) is 4.79 Å². The summed E-state index contributed by atoms with van der Waals surface area (Å²) >= 11 is 1.65. The Morgan fingerprint density at radius 2 is 1.85 bits per heavy atom. The van der Waals surface area contributed by atoms with Gasteiger partial charge in [-0.3, -0.25) is 14.9 Å². The zero-order valence-corrected chi connectivity index (χ0v) is 20.1. The number of nitrogens with zero attached hydrogens (tertiary/aromatic N) is 3. The first-order chi connectivity index (χ1) is 16.5. The Morgan fingerprint density at radius 1 is 1.12 bits per heavy atom. The molecule has 0 saturated carbocycles. The predicted molar refractivity (Wildman–Crippen MR) is 129 cm³/mol. The molecule has 1 aliphatic heterocycles. The Kier molecular flexibility index (Phi) is 7.36. The fourth-order valence-electron chi connectivity index (χ4n) is 3.70. The van der Waals surface area contributed by atoms with Crippen LogP contribution in [0.1, 0.15) is 42.4 Å². The molecule has 178 valence electrons. The number of benzene rings is 2. The number of carbonyl (C=O) groups is 2. The summed E-state index contributed by atoms with van der Waals surface area (Å²) < 4.78 is 16.8. The first-order valence-electron chi connectivity index (χ1n) is 11.0. The summed E-state index contributed by atoms with van der Waals surface area (Å²) in [6.07, 6.45) is 2.27. The van der Waals surface area contributed by atoms with Crippen LogP contribution >= 0.6 is 11.8 Å². The van der Waals surface area contributed by atoms with Crippen molar-refractivity contribution < 1.29 is 23.5 Å². The molecule has 1 N–H and O–H groups in total. The average molecular weight is 483 g/mol. The molecular formula is C24H26N4O5S. The van der Waals surface area contributed by atoms with Gasteiger partial charge in [-0.25, -0.2) is 0 Å². The molecule has 9 nitrogen and oxygen atoms in total. The van der Waals surface area contributed by atoms with Gasteiger partial charge in [0, 0.05) is 29.1 Å². The fraction of sp³-hybridized carbons (Fsp3) is 0.333. The van der Waals surface area contributed by atoms with Crippen LogP contribution in [0.2, 0.25) is 0 Å². The number of aromatic nitrogens is 2. The number of nitrogens with one attached hydrogen (secondary N) is 1. The Bertz CT molecular complexity index is 1160. The molecule has 0 bridgehead atoms. The SMILES string of the molecule is CCOc1ccc(C(=O)Nc2nnc(C3CC(=O)N(c4ccc(SC)cc4)C3)o2)cc1OCC. The predicted octanol–water partition coefficient (Wildman–Crippen LogP) is 4.36. The number of carbonyl (C=O) groups excluding carboxylic acids is 2. The summed E-state index contributed by atoms with van der Waals surface area (Å²) in [4.78, 5) is 28.1. The van der Waals surface area contributed by atoms with Crippen LogP contribution in [0.4, 0.5) is 11.7 Å². The lowest BCUT2D eigenvalue weighted by atomic mass is 10.1. The number of hydrogen-bond acceptors (Lipinski definition) is 8. The molecule has 0 spiro atoms. The molecule has 3 aromatic rings. The van der Waals surface area contributed by atoms with E-state index in [-0.39, 0.29) is 24.3 Å². The second-order valence-corrected chi connectivity index (χ2v) is 8.41. The number of amides is 2. The molecule has 1 aliphatic rings. The maximum absolute atomic E-state index is 12.7. The Hall–Kier alpha value is -3.53. The van der Waals surface area contributed by atoms with Crippen LogP contribution < -0.4 is 19.7 Å². The molecule has 1 fully saturated rings. The van der Waals surface area contributed by atoms with Crippen molar-refractivity contribution in [2.75, 3.05) is 36.2 Å². The van der Waals surface area contributed by atoms with Gasteiger partial charge in [-0.2, -0.15) is 0 Å². The molecule has 1 saturated heterocycles. The van der Waals surface area contributed by atoms with E-state index in [4.69, 9.17) is 13.9 Å². The van der Waals surface area contributed by atoms with Crippen LogP contribution in [0.3, 0.4) is 0 Å². The first kappa shape index (κ1) is 23.6. The molecule has 2 aromatic carbocycles. The molecule has 1 atom stereocenters. The Balaban J connectivity index is 1.43. The van der Waals surface area contributed by atoms with Crippen LogP contribution in [0.25, 0.3) is 0 Å². The fourth-order valence-corrected chi connectivity index (χ4v) is 4.10. The van der Waals surface area contributed by atoms with E-state index < -0.39 is 5.91 Å². The van der Waals surface area contributed by atoms with Gasteiger partial charge in [0.15, 0.2) is 11.5 Å². The van der Waals surface area contributed by atoms with Crippen molar-refractivity contribution in [3.63, 3.8) is 0 Å². The number of ether oxygens (including phenoxy) is 2. The number of rotatable bonds is 9. The summed E-state index contributed by atoms with van der Waals surface area (Å²) in [5.74, 6) is 0.688. The standard InChI is InChI=1S/C24H26N4O5S/c1-4-31-19-11-6-15(12-20(19)32-5-2)22(30)25-24-27-26-23(33-24)16-13-21(29)28(14-16)17-7-9-18(34-3)10-8-17/h6-12,16H,4-5,13-14H2,1-3H3,(H,25,27,30). The lowest BCUT2D eigenvalue weighted by molar-refractivity contribution is -0.117. The first-order valence-corrected chi connectivity index (χ1v) is 12.2. The molecule has 1 unspecified atom stereocenters. The largest absolute Gasteiger partial charge is 0.490 e. The molecular weight excluding hydrogens is 456 g/mol. The maximum atomic E-state index is 12.7.